The predicted molar refractivity (Wildman–Crippen MR) is 152 cm³/mol. The molecule has 5 aliphatic carbocycles. The van der Waals surface area contributed by atoms with Crippen LogP contribution in [0.1, 0.15) is 61.0 Å². The lowest BCUT2D eigenvalue weighted by Gasteiger charge is -2.57. The number of carbonyl (C=O) groups is 1. The van der Waals surface area contributed by atoms with Gasteiger partial charge in [0.1, 0.15) is 5.75 Å². The van der Waals surface area contributed by atoms with Gasteiger partial charge in [0.05, 0.1) is 23.5 Å². The Morgan fingerprint density at radius 1 is 0.973 bits per heavy atom. The molecule has 1 amide bonds. The average molecular weight is 606 g/mol. The predicted octanol–water partition coefficient (Wildman–Crippen LogP) is 6.49. The molecule has 0 unspecified atom stereocenters. The number of rotatable bonds is 5. The van der Waals surface area contributed by atoms with E-state index in [2.05, 4.69) is 27.9 Å². The lowest BCUT2D eigenvalue weighted by molar-refractivity contribution is -0.115. The maximum absolute atomic E-state index is 13.2. The molecule has 1 heterocycles. The van der Waals surface area contributed by atoms with Crippen molar-refractivity contribution in [3.63, 3.8) is 0 Å². The molecule has 5 aliphatic rings. The molecule has 4 saturated carbocycles. The maximum Gasteiger partial charge on any atom is 0.229 e. The second-order valence-corrected chi connectivity index (χ2v) is 13.3. The smallest absolute Gasteiger partial charge is 0.229 e. The van der Waals surface area contributed by atoms with E-state index in [4.69, 9.17) is 9.97 Å². The van der Waals surface area contributed by atoms with Crippen LogP contribution in [-0.4, -0.2) is 21.0 Å². The summed E-state index contributed by atoms with van der Waals surface area (Å²) in [5.74, 6) is 3.50. The Bertz CT molecular complexity index is 1350. The van der Waals surface area contributed by atoms with Crippen molar-refractivity contribution in [3.05, 3.63) is 68.5 Å². The van der Waals surface area contributed by atoms with E-state index in [0.29, 0.717) is 23.4 Å². The Kier molecular flexibility index (Phi) is 5.79. The fraction of sp³-hybridized carbons (Fsp3) is 0.452. The quantitative estimate of drug-likeness (QED) is 0.326. The number of aromatic hydroxyl groups is 1. The van der Waals surface area contributed by atoms with Crippen LogP contribution in [0.5, 0.6) is 5.75 Å². The highest BCUT2D eigenvalue weighted by atomic mass is 127. The van der Waals surface area contributed by atoms with Crippen molar-refractivity contribution in [1.82, 2.24) is 9.97 Å². The first-order valence-corrected chi connectivity index (χ1v) is 14.8. The molecule has 0 atom stereocenters. The van der Waals surface area contributed by atoms with E-state index in [1.165, 1.54) is 38.5 Å². The van der Waals surface area contributed by atoms with Crippen LogP contribution in [-0.2, 0) is 30.5 Å². The Morgan fingerprint density at radius 3 is 2.38 bits per heavy atom. The van der Waals surface area contributed by atoms with E-state index in [0.717, 1.165) is 74.4 Å². The van der Waals surface area contributed by atoms with Gasteiger partial charge in [-0.15, -0.1) is 0 Å². The normalized spacial score (nSPS) is 27.0. The number of phenols is 1. The van der Waals surface area contributed by atoms with Crippen molar-refractivity contribution in [2.24, 2.45) is 23.2 Å². The molecule has 6 heteroatoms. The lowest BCUT2D eigenvalue weighted by atomic mass is 9.48. The minimum absolute atomic E-state index is 0.0386. The van der Waals surface area contributed by atoms with Crippen LogP contribution in [0, 0.1) is 26.7 Å². The number of phenolic OH excluding ortho intramolecular Hbond substituents is 1. The minimum atomic E-state index is -0.0386. The number of hydrogen-bond donors (Lipinski definition) is 2. The van der Waals surface area contributed by atoms with Crippen molar-refractivity contribution in [2.45, 2.75) is 64.2 Å². The average Bonchev–Trinajstić information content (AvgIpc) is 2.84. The molecule has 2 N–H and O–H groups in total. The summed E-state index contributed by atoms with van der Waals surface area (Å²) in [5.41, 5.74) is 6.29. The number of aryl methyl sites for hydroxylation is 2. The summed E-state index contributed by atoms with van der Waals surface area (Å²) in [7, 11) is 0. The van der Waals surface area contributed by atoms with Crippen LogP contribution in [0.4, 0.5) is 5.82 Å². The molecule has 3 aromatic rings. The number of carbonyl (C=O) groups excluding carboxylic acids is 1. The molecule has 0 saturated heterocycles. The van der Waals surface area contributed by atoms with Gasteiger partial charge in [-0.3, -0.25) is 4.79 Å². The molecule has 37 heavy (non-hydrogen) atoms. The van der Waals surface area contributed by atoms with Gasteiger partial charge >= 0.3 is 0 Å². The molecule has 2 aromatic carbocycles. The van der Waals surface area contributed by atoms with Crippen molar-refractivity contribution in [3.8, 4) is 17.0 Å². The van der Waals surface area contributed by atoms with Crippen LogP contribution < -0.4 is 5.32 Å². The minimum Gasteiger partial charge on any atom is -0.508 e. The van der Waals surface area contributed by atoms with Gasteiger partial charge in [-0.2, -0.15) is 0 Å². The molecule has 0 spiro atoms. The van der Waals surface area contributed by atoms with E-state index < -0.39 is 0 Å². The Morgan fingerprint density at radius 2 is 1.68 bits per heavy atom. The second kappa shape index (κ2) is 9.07. The first-order valence-electron chi connectivity index (χ1n) is 13.7. The largest absolute Gasteiger partial charge is 0.508 e. The summed E-state index contributed by atoms with van der Waals surface area (Å²) in [6, 6.07) is 13.7. The monoisotopic (exact) mass is 605 g/mol. The summed E-state index contributed by atoms with van der Waals surface area (Å²) >= 11 is 2.28. The van der Waals surface area contributed by atoms with Gasteiger partial charge in [0.2, 0.25) is 5.91 Å². The number of nitrogens with zero attached hydrogens (tertiary/aromatic N) is 2. The zero-order chi connectivity index (χ0) is 25.1. The third kappa shape index (κ3) is 4.55. The van der Waals surface area contributed by atoms with Gasteiger partial charge in [-0.05, 0) is 145 Å². The number of anilines is 1. The van der Waals surface area contributed by atoms with Crippen molar-refractivity contribution >= 4 is 34.3 Å². The van der Waals surface area contributed by atoms with Gasteiger partial charge in [-0.1, -0.05) is 12.1 Å². The highest BCUT2D eigenvalue weighted by Crippen LogP contribution is 2.61. The molecule has 4 bridgehead atoms. The van der Waals surface area contributed by atoms with E-state index in [9.17, 15) is 9.90 Å². The van der Waals surface area contributed by atoms with Crippen LogP contribution in [0.25, 0.3) is 11.3 Å². The summed E-state index contributed by atoms with van der Waals surface area (Å²) in [6.07, 6.45) is 10.9. The van der Waals surface area contributed by atoms with E-state index in [-0.39, 0.29) is 5.91 Å². The first kappa shape index (κ1) is 23.6. The summed E-state index contributed by atoms with van der Waals surface area (Å²) < 4.78 is 1.16. The first-order chi connectivity index (χ1) is 17.9. The molecule has 0 radical (unpaired) electrons. The van der Waals surface area contributed by atoms with E-state index in [1.807, 2.05) is 36.4 Å². The molecule has 5 nitrogen and oxygen atoms in total. The molecular formula is C31H32IN3O2. The van der Waals surface area contributed by atoms with Crippen molar-refractivity contribution in [1.29, 1.82) is 0 Å². The molecular weight excluding hydrogens is 573 g/mol. The SMILES string of the molecule is O=C(Cc1ccc(I)cc1)Nc1nc2c(nc1CC13CC4CC(CC(C4)C1)C3)-c1ccc(O)cc1CC2. The number of hydrogen-bond acceptors (Lipinski definition) is 4. The highest BCUT2D eigenvalue weighted by Gasteiger charge is 2.51. The maximum atomic E-state index is 13.2. The fourth-order valence-corrected chi connectivity index (χ4v) is 8.57. The van der Waals surface area contributed by atoms with Crippen LogP contribution in [0.2, 0.25) is 0 Å². The Hall–Kier alpha value is -2.48. The molecule has 8 rings (SSSR count). The molecule has 4 fully saturated rings. The van der Waals surface area contributed by atoms with E-state index in [1.54, 1.807) is 6.07 Å². The number of fused-ring (bicyclic) bond motifs is 3. The number of nitrogens with one attached hydrogen (secondary N) is 1. The highest BCUT2D eigenvalue weighted by molar-refractivity contribution is 14.1. The number of benzene rings is 2. The Labute approximate surface area is 231 Å². The number of amides is 1. The van der Waals surface area contributed by atoms with Gasteiger partial charge in [0, 0.05) is 9.13 Å². The topological polar surface area (TPSA) is 75.1 Å². The third-order valence-electron chi connectivity index (χ3n) is 9.26. The molecule has 1 aromatic heterocycles. The summed E-state index contributed by atoms with van der Waals surface area (Å²) in [5, 5.41) is 13.2. The molecule has 190 valence electrons. The second-order valence-electron chi connectivity index (χ2n) is 12.1. The van der Waals surface area contributed by atoms with Gasteiger partial charge < -0.3 is 10.4 Å². The van der Waals surface area contributed by atoms with Crippen LogP contribution >= 0.6 is 22.6 Å². The molecule has 0 aliphatic heterocycles. The van der Waals surface area contributed by atoms with Gasteiger partial charge in [0.25, 0.3) is 0 Å². The van der Waals surface area contributed by atoms with Gasteiger partial charge in [0.15, 0.2) is 5.82 Å². The number of aromatic nitrogens is 2. The van der Waals surface area contributed by atoms with Crippen molar-refractivity contribution < 1.29 is 9.90 Å². The fourth-order valence-electron chi connectivity index (χ4n) is 8.21. The van der Waals surface area contributed by atoms with Gasteiger partial charge in [-0.25, -0.2) is 9.97 Å². The summed E-state index contributed by atoms with van der Waals surface area (Å²) in [4.78, 5) is 23.5. The lowest BCUT2D eigenvalue weighted by Crippen LogP contribution is -2.47. The van der Waals surface area contributed by atoms with Crippen molar-refractivity contribution in [2.75, 3.05) is 5.32 Å². The van der Waals surface area contributed by atoms with E-state index >= 15 is 0 Å². The van der Waals surface area contributed by atoms with Crippen LogP contribution in [0.3, 0.4) is 0 Å². The zero-order valence-corrected chi connectivity index (χ0v) is 23.1. The third-order valence-corrected chi connectivity index (χ3v) is 9.98. The zero-order valence-electron chi connectivity index (χ0n) is 21.0. The Balaban J connectivity index is 1.24. The number of halogens is 1. The van der Waals surface area contributed by atoms with Crippen LogP contribution in [0.15, 0.2) is 42.5 Å². The standard InChI is InChI=1S/C31H32IN3O2/c32-23-4-1-18(2-5-23)12-28(37)35-30-27(17-31-14-19-9-20(15-31)11-21(10-19)16-31)33-29-25-7-6-24(36)13-22(25)3-8-26(29)34-30/h1-2,4-7,13,19-21,36H,3,8-12,14-17H2,(H,34,35,37). The summed E-state index contributed by atoms with van der Waals surface area (Å²) in [6.45, 7) is 0.